The first-order valence-electron chi connectivity index (χ1n) is 11.3. The van der Waals surface area contributed by atoms with Gasteiger partial charge in [-0.15, -0.1) is 0 Å². The van der Waals surface area contributed by atoms with Gasteiger partial charge in [0.2, 0.25) is 0 Å². The summed E-state index contributed by atoms with van der Waals surface area (Å²) in [5.74, 6) is 0.194. The van der Waals surface area contributed by atoms with E-state index < -0.39 is 0 Å². The van der Waals surface area contributed by atoms with Crippen molar-refractivity contribution >= 4 is 50.8 Å². The lowest BCUT2D eigenvalue weighted by Crippen LogP contribution is -2.34. The molecule has 0 spiro atoms. The smallest absolute Gasteiger partial charge is 0.257 e. The average molecular weight is 555 g/mol. The van der Waals surface area contributed by atoms with Gasteiger partial charge in [-0.1, -0.05) is 37.3 Å². The molecule has 0 saturated carbocycles. The molecule has 35 heavy (non-hydrogen) atoms. The Balaban J connectivity index is 1.50. The number of ether oxygens (including phenoxy) is 1. The van der Waals surface area contributed by atoms with E-state index in [1.54, 1.807) is 42.5 Å². The summed E-state index contributed by atoms with van der Waals surface area (Å²) in [5.41, 5.74) is 2.86. The predicted molar refractivity (Wildman–Crippen MR) is 147 cm³/mol. The van der Waals surface area contributed by atoms with Gasteiger partial charge < -0.3 is 15.4 Å². The second-order valence-corrected chi connectivity index (χ2v) is 9.26. The molecule has 0 aliphatic rings. The van der Waals surface area contributed by atoms with Crippen molar-refractivity contribution in [2.24, 2.45) is 0 Å². The molecule has 3 rings (SSSR count). The Morgan fingerprint density at radius 3 is 2.31 bits per heavy atom. The van der Waals surface area contributed by atoms with Crippen molar-refractivity contribution in [1.82, 2.24) is 10.6 Å². The summed E-state index contributed by atoms with van der Waals surface area (Å²) in [6.07, 6.45) is 1.65. The average Bonchev–Trinajstić information content (AvgIpc) is 2.85. The molecule has 1 atom stereocenters. The van der Waals surface area contributed by atoms with Crippen LogP contribution < -0.4 is 20.7 Å². The Labute approximate surface area is 219 Å². The van der Waals surface area contributed by atoms with Gasteiger partial charge in [0.05, 0.1) is 11.1 Å². The van der Waals surface area contributed by atoms with Crippen LogP contribution >= 0.6 is 28.1 Å². The predicted octanol–water partition coefficient (Wildman–Crippen LogP) is 5.73. The minimum atomic E-state index is -0.344. The summed E-state index contributed by atoms with van der Waals surface area (Å²) in [4.78, 5) is 24.8. The summed E-state index contributed by atoms with van der Waals surface area (Å²) >= 11 is 8.75. The number of amides is 2. The van der Waals surface area contributed by atoms with Crippen molar-refractivity contribution < 1.29 is 14.3 Å². The van der Waals surface area contributed by atoms with Crippen molar-refractivity contribution in [3.05, 3.63) is 94.0 Å². The van der Waals surface area contributed by atoms with E-state index in [0.717, 1.165) is 12.8 Å². The molecule has 3 aromatic carbocycles. The largest absolute Gasteiger partial charge is 0.492 e. The molecular formula is C27H28BrN3O3S. The number of carbonyl (C=O) groups is 2. The van der Waals surface area contributed by atoms with Gasteiger partial charge in [0.25, 0.3) is 11.8 Å². The van der Waals surface area contributed by atoms with Gasteiger partial charge in [0.1, 0.15) is 5.75 Å². The molecule has 0 aliphatic carbocycles. The second kappa shape index (κ2) is 13.0. The van der Waals surface area contributed by atoms with Crippen molar-refractivity contribution in [3.63, 3.8) is 0 Å². The van der Waals surface area contributed by atoms with Gasteiger partial charge >= 0.3 is 0 Å². The normalized spacial score (nSPS) is 11.3. The molecule has 3 aromatic rings. The number of hydrogen-bond acceptors (Lipinski definition) is 4. The molecule has 0 fully saturated rings. The standard InChI is InChI=1S/C27H28BrN3O3S/c1-3-18(2)29-25(32)20-9-12-22(13-10-20)30-27(35)31-26(33)21-11-14-24(23(28)17-21)34-16-15-19-7-5-4-6-8-19/h4-14,17-18H,3,15-16H2,1-2H3,(H,29,32)(H2,30,31,33,35). The van der Waals surface area contributed by atoms with Crippen LogP contribution in [-0.2, 0) is 6.42 Å². The first kappa shape index (κ1) is 26.4. The highest BCUT2D eigenvalue weighted by Gasteiger charge is 2.12. The van der Waals surface area contributed by atoms with Crippen molar-refractivity contribution in [2.45, 2.75) is 32.7 Å². The van der Waals surface area contributed by atoms with Gasteiger partial charge in [-0.2, -0.15) is 0 Å². The third-order valence-electron chi connectivity index (χ3n) is 5.31. The topological polar surface area (TPSA) is 79.5 Å². The Kier molecular flexibility index (Phi) is 9.81. The Morgan fingerprint density at radius 1 is 0.971 bits per heavy atom. The number of nitrogens with one attached hydrogen (secondary N) is 3. The zero-order valence-corrected chi connectivity index (χ0v) is 22.0. The Morgan fingerprint density at radius 2 is 1.66 bits per heavy atom. The minimum Gasteiger partial charge on any atom is -0.492 e. The van der Waals surface area contributed by atoms with Gasteiger partial charge in [-0.3, -0.25) is 14.9 Å². The maximum Gasteiger partial charge on any atom is 0.257 e. The SMILES string of the molecule is CCC(C)NC(=O)c1ccc(NC(=S)NC(=O)c2ccc(OCCc3ccccc3)c(Br)c2)cc1. The third kappa shape index (κ3) is 8.19. The second-order valence-electron chi connectivity index (χ2n) is 8.00. The molecule has 0 aliphatic heterocycles. The van der Waals surface area contributed by atoms with Gasteiger partial charge in [0.15, 0.2) is 5.11 Å². The summed E-state index contributed by atoms with van der Waals surface area (Å²) in [6.45, 7) is 4.50. The van der Waals surface area contributed by atoms with E-state index in [1.807, 2.05) is 32.0 Å². The number of hydrogen-bond donors (Lipinski definition) is 3. The number of rotatable bonds is 9. The van der Waals surface area contributed by atoms with E-state index >= 15 is 0 Å². The molecule has 0 heterocycles. The van der Waals surface area contributed by atoms with E-state index in [1.165, 1.54) is 5.56 Å². The third-order valence-corrected chi connectivity index (χ3v) is 6.13. The van der Waals surface area contributed by atoms with Crippen molar-refractivity contribution in [2.75, 3.05) is 11.9 Å². The molecule has 0 radical (unpaired) electrons. The molecule has 6 nitrogen and oxygen atoms in total. The molecule has 0 saturated heterocycles. The van der Waals surface area contributed by atoms with E-state index in [4.69, 9.17) is 17.0 Å². The summed E-state index contributed by atoms with van der Waals surface area (Å²) < 4.78 is 6.53. The molecular weight excluding hydrogens is 526 g/mol. The van der Waals surface area contributed by atoms with E-state index in [-0.39, 0.29) is 23.0 Å². The molecule has 182 valence electrons. The lowest BCUT2D eigenvalue weighted by molar-refractivity contribution is 0.0937. The fraction of sp³-hybridized carbons (Fsp3) is 0.222. The summed E-state index contributed by atoms with van der Waals surface area (Å²) in [6, 6.07) is 22.2. The lowest BCUT2D eigenvalue weighted by atomic mass is 10.1. The zero-order chi connectivity index (χ0) is 25.2. The van der Waals surface area contributed by atoms with Crippen LogP contribution in [0.15, 0.2) is 77.3 Å². The van der Waals surface area contributed by atoms with Crippen LogP contribution in [0.3, 0.4) is 0 Å². The number of anilines is 1. The minimum absolute atomic E-state index is 0.109. The Hall–Kier alpha value is -3.23. The Bertz CT molecular complexity index is 1170. The number of carbonyl (C=O) groups excluding carboxylic acids is 2. The molecule has 0 bridgehead atoms. The molecule has 8 heteroatoms. The number of benzene rings is 3. The highest BCUT2D eigenvalue weighted by atomic mass is 79.9. The van der Waals surface area contributed by atoms with E-state index in [0.29, 0.717) is 33.6 Å². The monoisotopic (exact) mass is 553 g/mol. The first-order chi connectivity index (χ1) is 16.9. The van der Waals surface area contributed by atoms with E-state index in [2.05, 4.69) is 44.0 Å². The highest BCUT2D eigenvalue weighted by Crippen LogP contribution is 2.26. The van der Waals surface area contributed by atoms with E-state index in [9.17, 15) is 9.59 Å². The maximum absolute atomic E-state index is 12.6. The first-order valence-corrected chi connectivity index (χ1v) is 12.6. The van der Waals surface area contributed by atoms with Gasteiger partial charge in [-0.05, 0) is 89.5 Å². The van der Waals surface area contributed by atoms with Crippen LogP contribution in [0.2, 0.25) is 0 Å². The molecule has 3 N–H and O–H groups in total. The molecule has 0 aromatic heterocycles. The quantitative estimate of drug-likeness (QED) is 0.295. The van der Waals surface area contributed by atoms with Crippen LogP contribution in [0.5, 0.6) is 5.75 Å². The number of halogens is 1. The fourth-order valence-electron chi connectivity index (χ4n) is 3.13. The molecule has 1 unspecified atom stereocenters. The zero-order valence-electron chi connectivity index (χ0n) is 19.6. The number of thiocarbonyl (C=S) groups is 1. The van der Waals surface area contributed by atoms with Crippen LogP contribution in [0, 0.1) is 0 Å². The highest BCUT2D eigenvalue weighted by molar-refractivity contribution is 9.10. The van der Waals surface area contributed by atoms with Crippen LogP contribution in [0.25, 0.3) is 0 Å². The summed E-state index contributed by atoms with van der Waals surface area (Å²) in [5, 5.41) is 8.71. The summed E-state index contributed by atoms with van der Waals surface area (Å²) in [7, 11) is 0. The van der Waals surface area contributed by atoms with Gasteiger partial charge in [0, 0.05) is 29.3 Å². The van der Waals surface area contributed by atoms with Crippen molar-refractivity contribution in [3.8, 4) is 5.75 Å². The molecule has 2 amide bonds. The van der Waals surface area contributed by atoms with Crippen molar-refractivity contribution in [1.29, 1.82) is 0 Å². The lowest BCUT2D eigenvalue weighted by Gasteiger charge is -2.13. The van der Waals surface area contributed by atoms with Gasteiger partial charge in [-0.25, -0.2) is 0 Å². The van der Waals surface area contributed by atoms with Crippen LogP contribution in [0.1, 0.15) is 46.5 Å². The maximum atomic E-state index is 12.6. The fourth-order valence-corrected chi connectivity index (χ4v) is 3.84. The van der Waals surface area contributed by atoms with Crippen LogP contribution in [-0.4, -0.2) is 29.6 Å². The van der Waals surface area contributed by atoms with Crippen LogP contribution in [0.4, 0.5) is 5.69 Å².